The summed E-state index contributed by atoms with van der Waals surface area (Å²) in [4.78, 5) is 17.0. The first-order valence-electron chi connectivity index (χ1n) is 7.37. The van der Waals surface area contributed by atoms with Gasteiger partial charge in [-0.1, -0.05) is 6.07 Å². The third-order valence-electron chi connectivity index (χ3n) is 3.71. The lowest BCUT2D eigenvalue weighted by molar-refractivity contribution is 0.102. The molecule has 0 saturated carbocycles. The number of nitriles is 1. The summed E-state index contributed by atoms with van der Waals surface area (Å²) in [7, 11) is 1.60. The number of aromatic nitrogens is 1. The van der Waals surface area contributed by atoms with Gasteiger partial charge in [0.05, 0.1) is 35.5 Å². The number of benzene rings is 2. The van der Waals surface area contributed by atoms with E-state index in [1.165, 1.54) is 0 Å². The molecule has 1 amide bonds. The van der Waals surface area contributed by atoms with Crippen LogP contribution in [-0.2, 0) is 0 Å². The molecule has 0 bridgehead atoms. The molecule has 0 aliphatic carbocycles. The maximum absolute atomic E-state index is 12.5. The molecule has 0 aliphatic rings. The number of hydrogen-bond donors (Lipinski definition) is 1. The third kappa shape index (κ3) is 3.03. The molecule has 0 aliphatic heterocycles. The van der Waals surface area contributed by atoms with E-state index in [9.17, 15) is 4.79 Å². The molecule has 0 spiro atoms. The Morgan fingerprint density at radius 1 is 1.21 bits per heavy atom. The van der Waals surface area contributed by atoms with Gasteiger partial charge >= 0.3 is 0 Å². The van der Waals surface area contributed by atoms with Crippen molar-refractivity contribution in [1.82, 2.24) is 4.98 Å². The Balaban J connectivity index is 1.94. The molecule has 24 heavy (non-hydrogen) atoms. The van der Waals surface area contributed by atoms with Crippen LogP contribution in [0.2, 0.25) is 0 Å². The fourth-order valence-electron chi connectivity index (χ4n) is 2.46. The molecule has 0 radical (unpaired) electrons. The number of pyridine rings is 1. The smallest absolute Gasteiger partial charge is 0.257 e. The van der Waals surface area contributed by atoms with Gasteiger partial charge in [-0.05, 0) is 43.3 Å². The van der Waals surface area contributed by atoms with Crippen LogP contribution in [0.4, 0.5) is 5.69 Å². The number of carbonyl (C=O) groups excluding carboxylic acids is 1. The summed E-state index contributed by atoms with van der Waals surface area (Å²) in [5.41, 5.74) is 2.97. The Bertz CT molecular complexity index is 974. The number of carbonyl (C=O) groups is 1. The Morgan fingerprint density at radius 3 is 2.79 bits per heavy atom. The third-order valence-corrected chi connectivity index (χ3v) is 3.71. The molecule has 3 aromatic rings. The van der Waals surface area contributed by atoms with E-state index < -0.39 is 0 Å². The van der Waals surface area contributed by atoms with Crippen LogP contribution < -0.4 is 10.1 Å². The van der Waals surface area contributed by atoms with E-state index >= 15 is 0 Å². The number of amides is 1. The van der Waals surface area contributed by atoms with Gasteiger partial charge in [0, 0.05) is 17.1 Å². The molecule has 118 valence electrons. The standard InChI is InChI=1S/C19H15N3O2/c1-12-17(9-14-6-7-16(24-2)10-18(14)21-12)19(23)22-15-5-3-4-13(8-15)11-20/h3-10H,1-2H3,(H,22,23). The first-order chi connectivity index (χ1) is 11.6. The lowest BCUT2D eigenvalue weighted by Gasteiger charge is -2.10. The maximum Gasteiger partial charge on any atom is 0.257 e. The van der Waals surface area contributed by atoms with Crippen molar-refractivity contribution in [3.05, 3.63) is 65.4 Å². The number of hydrogen-bond acceptors (Lipinski definition) is 4. The van der Waals surface area contributed by atoms with Crippen LogP contribution in [0, 0.1) is 18.3 Å². The number of methoxy groups -OCH3 is 1. The molecule has 1 aromatic heterocycles. The molecular formula is C19H15N3O2. The fraction of sp³-hybridized carbons (Fsp3) is 0.105. The summed E-state index contributed by atoms with van der Waals surface area (Å²) in [6.07, 6.45) is 0. The van der Waals surface area contributed by atoms with E-state index in [0.29, 0.717) is 22.5 Å². The predicted molar refractivity (Wildman–Crippen MR) is 92.1 cm³/mol. The van der Waals surface area contributed by atoms with Gasteiger partial charge in [-0.3, -0.25) is 9.78 Å². The minimum atomic E-state index is -0.257. The summed E-state index contributed by atoms with van der Waals surface area (Å²) in [5.74, 6) is 0.465. The second-order valence-corrected chi connectivity index (χ2v) is 5.33. The summed E-state index contributed by atoms with van der Waals surface area (Å²) in [5, 5.41) is 12.6. The van der Waals surface area contributed by atoms with Crippen molar-refractivity contribution >= 4 is 22.5 Å². The fourth-order valence-corrected chi connectivity index (χ4v) is 2.46. The van der Waals surface area contributed by atoms with Gasteiger partial charge in [-0.2, -0.15) is 5.26 Å². The highest BCUT2D eigenvalue weighted by atomic mass is 16.5. The van der Waals surface area contributed by atoms with Gasteiger partial charge in [0.25, 0.3) is 5.91 Å². The second kappa shape index (κ2) is 6.39. The number of anilines is 1. The molecule has 0 unspecified atom stereocenters. The SMILES string of the molecule is COc1ccc2cc(C(=O)Nc3cccc(C#N)c3)c(C)nc2c1. The Morgan fingerprint density at radius 2 is 2.04 bits per heavy atom. The van der Waals surface area contributed by atoms with E-state index in [2.05, 4.69) is 16.4 Å². The van der Waals surface area contributed by atoms with Gasteiger partial charge in [0.15, 0.2) is 0 Å². The van der Waals surface area contributed by atoms with E-state index in [4.69, 9.17) is 10.00 Å². The van der Waals surface area contributed by atoms with Crippen molar-refractivity contribution in [1.29, 1.82) is 5.26 Å². The first-order valence-corrected chi connectivity index (χ1v) is 7.37. The van der Waals surface area contributed by atoms with Crippen molar-refractivity contribution in [2.45, 2.75) is 6.92 Å². The highest BCUT2D eigenvalue weighted by molar-refractivity contribution is 6.06. The average Bonchev–Trinajstić information content (AvgIpc) is 2.60. The molecule has 5 nitrogen and oxygen atoms in total. The van der Waals surface area contributed by atoms with Crippen LogP contribution in [0.3, 0.4) is 0 Å². The topological polar surface area (TPSA) is 75.0 Å². The van der Waals surface area contributed by atoms with Crippen LogP contribution >= 0.6 is 0 Å². The molecule has 5 heteroatoms. The van der Waals surface area contributed by atoms with Gasteiger partial charge in [0.2, 0.25) is 0 Å². The number of ether oxygens (including phenoxy) is 1. The summed E-state index contributed by atoms with van der Waals surface area (Å²) in [6.45, 7) is 1.79. The molecule has 1 N–H and O–H groups in total. The average molecular weight is 317 g/mol. The lowest BCUT2D eigenvalue weighted by Crippen LogP contribution is -2.14. The van der Waals surface area contributed by atoms with E-state index in [1.54, 1.807) is 44.4 Å². The van der Waals surface area contributed by atoms with Crippen LogP contribution in [-0.4, -0.2) is 18.0 Å². The lowest BCUT2D eigenvalue weighted by atomic mass is 10.1. The van der Waals surface area contributed by atoms with Crippen LogP contribution in [0.5, 0.6) is 5.75 Å². The molecule has 0 fully saturated rings. The zero-order chi connectivity index (χ0) is 17.1. The first kappa shape index (κ1) is 15.5. The molecule has 0 saturated heterocycles. The van der Waals surface area contributed by atoms with Crippen LogP contribution in [0.25, 0.3) is 10.9 Å². The Labute approximate surface area is 139 Å². The highest BCUT2D eigenvalue weighted by Gasteiger charge is 2.12. The van der Waals surface area contributed by atoms with Gasteiger partial charge < -0.3 is 10.1 Å². The van der Waals surface area contributed by atoms with Crippen molar-refractivity contribution in [3.8, 4) is 11.8 Å². The number of nitrogens with zero attached hydrogens (tertiary/aromatic N) is 2. The normalized spacial score (nSPS) is 10.2. The Kier molecular flexibility index (Phi) is 4.13. The molecule has 3 rings (SSSR count). The molecular weight excluding hydrogens is 302 g/mol. The number of aryl methyl sites for hydroxylation is 1. The zero-order valence-corrected chi connectivity index (χ0v) is 13.3. The number of fused-ring (bicyclic) bond motifs is 1. The minimum absolute atomic E-state index is 0.257. The monoisotopic (exact) mass is 317 g/mol. The second-order valence-electron chi connectivity index (χ2n) is 5.33. The number of nitrogens with one attached hydrogen (secondary N) is 1. The van der Waals surface area contributed by atoms with Crippen molar-refractivity contribution in [3.63, 3.8) is 0 Å². The van der Waals surface area contributed by atoms with Gasteiger partial charge in [-0.15, -0.1) is 0 Å². The Hall–Kier alpha value is -3.39. The number of rotatable bonds is 3. The summed E-state index contributed by atoms with van der Waals surface area (Å²) < 4.78 is 5.20. The van der Waals surface area contributed by atoms with E-state index in [-0.39, 0.29) is 5.91 Å². The largest absolute Gasteiger partial charge is 0.497 e. The van der Waals surface area contributed by atoms with Crippen LogP contribution in [0.1, 0.15) is 21.6 Å². The predicted octanol–water partition coefficient (Wildman–Crippen LogP) is 3.68. The minimum Gasteiger partial charge on any atom is -0.497 e. The van der Waals surface area contributed by atoms with Crippen molar-refractivity contribution in [2.75, 3.05) is 12.4 Å². The van der Waals surface area contributed by atoms with Crippen molar-refractivity contribution < 1.29 is 9.53 Å². The quantitative estimate of drug-likeness (QED) is 0.799. The summed E-state index contributed by atoms with van der Waals surface area (Å²) >= 11 is 0. The maximum atomic E-state index is 12.5. The van der Waals surface area contributed by atoms with Crippen molar-refractivity contribution in [2.24, 2.45) is 0 Å². The highest BCUT2D eigenvalue weighted by Crippen LogP contribution is 2.22. The van der Waals surface area contributed by atoms with Gasteiger partial charge in [0.1, 0.15) is 5.75 Å². The van der Waals surface area contributed by atoms with E-state index in [1.807, 2.05) is 18.2 Å². The van der Waals surface area contributed by atoms with Gasteiger partial charge in [-0.25, -0.2) is 0 Å². The molecule has 2 aromatic carbocycles. The van der Waals surface area contributed by atoms with Crippen LogP contribution in [0.15, 0.2) is 48.5 Å². The molecule has 0 atom stereocenters. The molecule has 1 heterocycles. The van der Waals surface area contributed by atoms with E-state index in [0.717, 1.165) is 16.7 Å². The summed E-state index contributed by atoms with van der Waals surface area (Å²) in [6, 6.07) is 16.2. The zero-order valence-electron chi connectivity index (χ0n) is 13.3.